The maximum Gasteiger partial charge on any atom is 0.323 e. The molecule has 0 aromatic carbocycles. The standard InChI is InChI=1S/C28H45NO4/c1-5-29(17-26(32)33)25(31)11-6-18(2)22-9-10-23-21-8-7-19-16-20(30)12-14-27(19,3)24(21)13-15-28(22,23)4/h7,18,20-24,30H,5-6,8-17H2,1-4H3,(H,32,33)/t18-,20+,21+,22-,23+,24+,27+,28-/m1/s1. The van der Waals surface area contributed by atoms with Crippen LogP contribution in [-0.4, -0.2) is 46.2 Å². The molecular weight excluding hydrogens is 414 g/mol. The Morgan fingerprint density at radius 1 is 1.15 bits per heavy atom. The fraction of sp³-hybridized carbons (Fsp3) is 0.857. The molecule has 33 heavy (non-hydrogen) atoms. The summed E-state index contributed by atoms with van der Waals surface area (Å²) in [6, 6.07) is 0. The van der Waals surface area contributed by atoms with Crippen LogP contribution >= 0.6 is 0 Å². The monoisotopic (exact) mass is 459 g/mol. The molecule has 0 aromatic heterocycles. The summed E-state index contributed by atoms with van der Waals surface area (Å²) in [5.41, 5.74) is 2.17. The lowest BCUT2D eigenvalue weighted by Gasteiger charge is -2.58. The minimum atomic E-state index is -0.938. The lowest BCUT2D eigenvalue weighted by molar-refractivity contribution is -0.144. The lowest BCUT2D eigenvalue weighted by Crippen LogP contribution is -2.50. The van der Waals surface area contributed by atoms with Gasteiger partial charge in [0, 0.05) is 13.0 Å². The largest absolute Gasteiger partial charge is 0.480 e. The van der Waals surface area contributed by atoms with Crippen molar-refractivity contribution in [3.8, 4) is 0 Å². The number of likely N-dealkylation sites (N-methyl/N-ethyl adjacent to an activating group) is 1. The lowest BCUT2D eigenvalue weighted by atomic mass is 9.47. The SMILES string of the molecule is CCN(CC(=O)O)C(=O)CC[C@@H](C)[C@H]1CC[C@H]2[C@@H]3CC=C4C[C@@H](O)CC[C@]4(C)[C@H]3CC[C@]12C. The van der Waals surface area contributed by atoms with Crippen LogP contribution in [0.4, 0.5) is 0 Å². The van der Waals surface area contributed by atoms with Crippen molar-refractivity contribution >= 4 is 11.9 Å². The van der Waals surface area contributed by atoms with Crippen LogP contribution in [0.1, 0.15) is 91.9 Å². The highest BCUT2D eigenvalue weighted by molar-refractivity contribution is 5.81. The van der Waals surface area contributed by atoms with Gasteiger partial charge in [0.15, 0.2) is 0 Å². The molecule has 8 atom stereocenters. The van der Waals surface area contributed by atoms with Gasteiger partial charge in [0.05, 0.1) is 6.10 Å². The number of hydrogen-bond donors (Lipinski definition) is 2. The van der Waals surface area contributed by atoms with Crippen LogP contribution in [0.25, 0.3) is 0 Å². The Hall–Kier alpha value is -1.36. The third-order valence-electron chi connectivity index (χ3n) is 10.7. The molecule has 1 amide bonds. The van der Waals surface area contributed by atoms with Crippen LogP contribution < -0.4 is 0 Å². The summed E-state index contributed by atoms with van der Waals surface area (Å²) in [4.78, 5) is 25.1. The predicted octanol–water partition coefficient (Wildman–Crippen LogP) is 5.28. The highest BCUT2D eigenvalue weighted by Gasteiger charge is 2.59. The van der Waals surface area contributed by atoms with Crippen molar-refractivity contribution in [1.82, 2.24) is 4.90 Å². The number of fused-ring (bicyclic) bond motifs is 5. The van der Waals surface area contributed by atoms with E-state index in [1.54, 1.807) is 0 Å². The van der Waals surface area contributed by atoms with Crippen molar-refractivity contribution in [2.24, 2.45) is 40.4 Å². The van der Waals surface area contributed by atoms with Crippen LogP contribution in [0, 0.1) is 40.4 Å². The number of rotatable bonds is 7. The van der Waals surface area contributed by atoms with E-state index in [-0.39, 0.29) is 24.0 Å². The topological polar surface area (TPSA) is 77.8 Å². The van der Waals surface area contributed by atoms with E-state index < -0.39 is 5.97 Å². The summed E-state index contributed by atoms with van der Waals surface area (Å²) in [6.45, 7) is 9.47. The van der Waals surface area contributed by atoms with Gasteiger partial charge in [-0.15, -0.1) is 0 Å². The third kappa shape index (κ3) is 4.39. The van der Waals surface area contributed by atoms with E-state index in [0.717, 1.165) is 43.4 Å². The molecule has 0 aliphatic heterocycles. The molecule has 0 unspecified atom stereocenters. The highest BCUT2D eigenvalue weighted by Crippen LogP contribution is 2.67. The first-order valence-electron chi connectivity index (χ1n) is 13.5. The van der Waals surface area contributed by atoms with Gasteiger partial charge in [0.25, 0.3) is 0 Å². The second-order valence-corrected chi connectivity index (χ2v) is 12.2. The van der Waals surface area contributed by atoms with E-state index in [1.807, 2.05) is 6.92 Å². The Balaban J connectivity index is 1.42. The molecule has 4 rings (SSSR count). The van der Waals surface area contributed by atoms with Crippen molar-refractivity contribution in [2.75, 3.05) is 13.1 Å². The van der Waals surface area contributed by atoms with Gasteiger partial charge in [-0.05, 0) is 105 Å². The van der Waals surface area contributed by atoms with Gasteiger partial charge in [-0.2, -0.15) is 0 Å². The number of amides is 1. The van der Waals surface area contributed by atoms with Crippen molar-refractivity contribution in [2.45, 2.75) is 98.0 Å². The Morgan fingerprint density at radius 3 is 2.61 bits per heavy atom. The quantitative estimate of drug-likeness (QED) is 0.508. The van der Waals surface area contributed by atoms with Gasteiger partial charge in [0.1, 0.15) is 6.54 Å². The molecule has 0 saturated heterocycles. The molecule has 186 valence electrons. The van der Waals surface area contributed by atoms with Crippen LogP contribution in [0.3, 0.4) is 0 Å². The molecule has 0 heterocycles. The Labute approximate surface area is 200 Å². The molecule has 3 fully saturated rings. The van der Waals surface area contributed by atoms with E-state index in [9.17, 15) is 14.7 Å². The van der Waals surface area contributed by atoms with E-state index in [1.165, 1.54) is 42.6 Å². The number of nitrogens with zero attached hydrogens (tertiary/aromatic N) is 1. The molecule has 2 N–H and O–H groups in total. The van der Waals surface area contributed by atoms with E-state index in [0.29, 0.717) is 30.2 Å². The Kier molecular flexibility index (Phi) is 7.02. The Morgan fingerprint density at radius 2 is 1.91 bits per heavy atom. The molecule has 4 aliphatic carbocycles. The number of carboxylic acids is 1. The van der Waals surface area contributed by atoms with Gasteiger partial charge < -0.3 is 15.1 Å². The Bertz CT molecular complexity index is 793. The zero-order valence-electron chi connectivity index (χ0n) is 21.2. The molecule has 5 nitrogen and oxygen atoms in total. The minimum Gasteiger partial charge on any atom is -0.480 e. The smallest absolute Gasteiger partial charge is 0.323 e. The number of allylic oxidation sites excluding steroid dienone is 1. The summed E-state index contributed by atoms with van der Waals surface area (Å²) in [7, 11) is 0. The fourth-order valence-electron chi connectivity index (χ4n) is 8.87. The maximum absolute atomic E-state index is 12.6. The molecular formula is C28H45NO4. The third-order valence-corrected chi connectivity index (χ3v) is 10.7. The van der Waals surface area contributed by atoms with Crippen molar-refractivity contribution in [3.05, 3.63) is 11.6 Å². The summed E-state index contributed by atoms with van der Waals surface area (Å²) >= 11 is 0. The van der Waals surface area contributed by atoms with Crippen LogP contribution in [0.15, 0.2) is 11.6 Å². The number of hydrogen-bond acceptors (Lipinski definition) is 3. The number of aliphatic carboxylic acids is 1. The molecule has 5 heteroatoms. The van der Waals surface area contributed by atoms with Gasteiger partial charge >= 0.3 is 5.97 Å². The van der Waals surface area contributed by atoms with Gasteiger partial charge in [0.2, 0.25) is 5.91 Å². The second-order valence-electron chi connectivity index (χ2n) is 12.2. The highest BCUT2D eigenvalue weighted by atomic mass is 16.4. The molecule has 0 spiro atoms. The summed E-state index contributed by atoms with van der Waals surface area (Å²) in [5, 5.41) is 19.3. The van der Waals surface area contributed by atoms with Gasteiger partial charge in [-0.25, -0.2) is 0 Å². The first-order chi connectivity index (χ1) is 15.6. The second kappa shape index (κ2) is 9.36. The average Bonchev–Trinajstić information content (AvgIpc) is 3.13. The first kappa shape index (κ1) is 24.8. The summed E-state index contributed by atoms with van der Waals surface area (Å²) < 4.78 is 0. The van der Waals surface area contributed by atoms with E-state index >= 15 is 0 Å². The predicted molar refractivity (Wildman–Crippen MR) is 129 cm³/mol. The number of aliphatic hydroxyl groups excluding tert-OH is 1. The zero-order valence-corrected chi connectivity index (χ0v) is 21.2. The average molecular weight is 460 g/mol. The summed E-state index contributed by atoms with van der Waals surface area (Å²) in [5.74, 6) is 2.46. The van der Waals surface area contributed by atoms with Gasteiger partial charge in [-0.1, -0.05) is 32.4 Å². The van der Waals surface area contributed by atoms with Crippen molar-refractivity contribution < 1.29 is 19.8 Å². The van der Waals surface area contributed by atoms with Crippen molar-refractivity contribution in [1.29, 1.82) is 0 Å². The van der Waals surface area contributed by atoms with Crippen molar-refractivity contribution in [3.63, 3.8) is 0 Å². The molecule has 0 bridgehead atoms. The van der Waals surface area contributed by atoms with Gasteiger partial charge in [-0.3, -0.25) is 9.59 Å². The normalized spacial score (nSPS) is 40.8. The van der Waals surface area contributed by atoms with E-state index in [2.05, 4.69) is 26.8 Å². The van der Waals surface area contributed by atoms with Crippen LogP contribution in [0.2, 0.25) is 0 Å². The summed E-state index contributed by atoms with van der Waals surface area (Å²) in [6.07, 6.45) is 13.0. The molecule has 0 aromatic rings. The van der Waals surface area contributed by atoms with Crippen LogP contribution in [-0.2, 0) is 9.59 Å². The molecule has 3 saturated carbocycles. The number of carboxylic acid groups (broad SMARTS) is 1. The number of carbonyl (C=O) groups excluding carboxylic acids is 1. The van der Waals surface area contributed by atoms with E-state index in [4.69, 9.17) is 5.11 Å². The number of aliphatic hydroxyl groups is 1. The number of carbonyl (C=O) groups is 2. The zero-order chi connectivity index (χ0) is 24.0. The van der Waals surface area contributed by atoms with Crippen LogP contribution in [0.5, 0.6) is 0 Å². The molecule has 4 aliphatic rings. The maximum atomic E-state index is 12.6. The molecule has 0 radical (unpaired) electrons. The fourth-order valence-corrected chi connectivity index (χ4v) is 8.87. The first-order valence-corrected chi connectivity index (χ1v) is 13.5. The minimum absolute atomic E-state index is 0.0208.